The summed E-state index contributed by atoms with van der Waals surface area (Å²) in [5.74, 6) is 0.0675. The van der Waals surface area contributed by atoms with Crippen LogP contribution in [-0.2, 0) is 16.9 Å². The summed E-state index contributed by atoms with van der Waals surface area (Å²) in [6.07, 6.45) is -3.00. The molecular weight excluding hydrogens is 438 g/mol. The predicted molar refractivity (Wildman–Crippen MR) is 104 cm³/mol. The van der Waals surface area contributed by atoms with Crippen molar-refractivity contribution in [1.82, 2.24) is 24.5 Å². The number of halogens is 4. The van der Waals surface area contributed by atoms with Crippen molar-refractivity contribution in [3.05, 3.63) is 42.6 Å². The molecule has 0 aromatic carbocycles. The molecule has 0 N–H and O–H groups in total. The molecule has 3 aromatic heterocycles. The Bertz CT molecular complexity index is 1160. The van der Waals surface area contributed by atoms with Crippen molar-refractivity contribution >= 4 is 9.84 Å². The number of hydrogen-bond donors (Lipinski definition) is 0. The van der Waals surface area contributed by atoms with Crippen molar-refractivity contribution in [2.75, 3.05) is 5.75 Å². The Balaban J connectivity index is 2.06. The Morgan fingerprint density at radius 1 is 1.10 bits per heavy atom. The molecule has 0 unspecified atom stereocenters. The van der Waals surface area contributed by atoms with Crippen molar-refractivity contribution in [2.24, 2.45) is 7.05 Å². The van der Waals surface area contributed by atoms with Gasteiger partial charge < -0.3 is 4.57 Å². The summed E-state index contributed by atoms with van der Waals surface area (Å²) in [7, 11) is -2.38. The Labute approximate surface area is 176 Å². The maximum Gasteiger partial charge on any atom is 0.389 e. The first kappa shape index (κ1) is 22.8. The van der Waals surface area contributed by atoms with Crippen molar-refractivity contribution in [1.29, 1.82) is 0 Å². The van der Waals surface area contributed by atoms with E-state index in [1.165, 1.54) is 43.2 Å². The van der Waals surface area contributed by atoms with Gasteiger partial charge in [0.25, 0.3) is 0 Å². The molecule has 0 amide bonds. The van der Waals surface area contributed by atoms with Crippen LogP contribution in [0.15, 0.2) is 41.8 Å². The zero-order valence-corrected chi connectivity index (χ0v) is 17.5. The second-order valence-electron chi connectivity index (χ2n) is 6.73. The Morgan fingerprint density at radius 3 is 2.39 bits per heavy atom. The number of rotatable bonds is 7. The molecule has 3 heterocycles. The largest absolute Gasteiger partial charge is 0.389 e. The fourth-order valence-corrected chi connectivity index (χ4v) is 4.00. The number of alkyl halides is 4. The third-order valence-corrected chi connectivity index (χ3v) is 6.37. The third kappa shape index (κ3) is 5.06. The molecule has 0 aliphatic rings. The van der Waals surface area contributed by atoms with Gasteiger partial charge in [0.15, 0.2) is 21.5 Å². The van der Waals surface area contributed by atoms with E-state index >= 15 is 0 Å². The van der Waals surface area contributed by atoms with Gasteiger partial charge in [0, 0.05) is 37.6 Å². The molecule has 0 saturated carbocycles. The van der Waals surface area contributed by atoms with E-state index in [-0.39, 0.29) is 33.7 Å². The van der Waals surface area contributed by atoms with E-state index in [1.807, 2.05) is 0 Å². The molecule has 0 spiro atoms. The van der Waals surface area contributed by atoms with Crippen LogP contribution in [0.4, 0.5) is 17.6 Å². The molecule has 0 bridgehead atoms. The minimum Gasteiger partial charge on any atom is -0.327 e. The van der Waals surface area contributed by atoms with E-state index < -0.39 is 35.0 Å². The quantitative estimate of drug-likeness (QED) is 0.497. The highest BCUT2D eigenvalue weighted by Crippen LogP contribution is 2.33. The Morgan fingerprint density at radius 2 is 1.77 bits per heavy atom. The molecule has 0 aliphatic carbocycles. The fraction of sp³-hybridized carbons (Fsp3) is 0.368. The van der Waals surface area contributed by atoms with Crippen LogP contribution < -0.4 is 0 Å². The van der Waals surface area contributed by atoms with Crippen LogP contribution in [0.3, 0.4) is 0 Å². The van der Waals surface area contributed by atoms with E-state index in [4.69, 9.17) is 0 Å². The number of pyridine rings is 1. The number of nitrogens with zero attached hydrogens (tertiary/aromatic N) is 5. The van der Waals surface area contributed by atoms with Gasteiger partial charge in [-0.2, -0.15) is 13.2 Å². The first-order chi connectivity index (χ1) is 14.5. The number of hydrogen-bond acceptors (Lipinski definition) is 6. The van der Waals surface area contributed by atoms with Crippen molar-refractivity contribution in [3.8, 4) is 22.9 Å². The molecule has 166 valence electrons. The summed E-state index contributed by atoms with van der Waals surface area (Å²) in [6.45, 7) is 1.46. The van der Waals surface area contributed by atoms with Crippen LogP contribution >= 0.6 is 0 Å². The normalized spacial score (nSPS) is 13.4. The van der Waals surface area contributed by atoms with Gasteiger partial charge in [0.05, 0.1) is 22.5 Å². The second-order valence-corrected chi connectivity index (χ2v) is 8.98. The summed E-state index contributed by atoms with van der Waals surface area (Å²) >= 11 is 0. The van der Waals surface area contributed by atoms with Gasteiger partial charge in [-0.15, -0.1) is 0 Å². The van der Waals surface area contributed by atoms with Crippen molar-refractivity contribution in [3.63, 3.8) is 0 Å². The van der Waals surface area contributed by atoms with Crippen LogP contribution in [-0.4, -0.2) is 44.8 Å². The number of aromatic nitrogens is 5. The van der Waals surface area contributed by atoms with E-state index in [9.17, 15) is 26.0 Å². The first-order valence-electron chi connectivity index (χ1n) is 9.26. The van der Waals surface area contributed by atoms with Crippen molar-refractivity contribution < 1.29 is 26.0 Å². The first-order valence-corrected chi connectivity index (χ1v) is 10.9. The molecule has 12 heteroatoms. The summed E-state index contributed by atoms with van der Waals surface area (Å²) in [5, 5.41) is 0. The highest BCUT2D eigenvalue weighted by molar-refractivity contribution is 7.91. The van der Waals surface area contributed by atoms with Gasteiger partial charge >= 0.3 is 6.18 Å². The second kappa shape index (κ2) is 8.69. The van der Waals surface area contributed by atoms with Gasteiger partial charge in [-0.25, -0.2) is 27.8 Å². The van der Waals surface area contributed by atoms with E-state index in [0.717, 1.165) is 6.20 Å². The van der Waals surface area contributed by atoms with Crippen LogP contribution in [0.2, 0.25) is 0 Å². The van der Waals surface area contributed by atoms with E-state index in [0.29, 0.717) is 5.56 Å². The fourth-order valence-electron chi connectivity index (χ4n) is 2.95. The molecule has 0 fully saturated rings. The van der Waals surface area contributed by atoms with Gasteiger partial charge in [-0.1, -0.05) is 6.92 Å². The highest BCUT2D eigenvalue weighted by Gasteiger charge is 2.30. The molecule has 31 heavy (non-hydrogen) atoms. The average Bonchev–Trinajstić information content (AvgIpc) is 3.13. The van der Waals surface area contributed by atoms with Crippen LogP contribution in [0.5, 0.6) is 0 Å². The number of sulfone groups is 1. The van der Waals surface area contributed by atoms with Gasteiger partial charge in [-0.3, -0.25) is 4.98 Å². The van der Waals surface area contributed by atoms with Crippen LogP contribution in [0, 0.1) is 0 Å². The predicted octanol–water partition coefficient (Wildman–Crippen LogP) is 4.09. The zero-order valence-electron chi connectivity index (χ0n) is 16.6. The molecule has 0 saturated heterocycles. The lowest BCUT2D eigenvalue weighted by molar-refractivity contribution is -0.138. The molecule has 7 nitrogen and oxygen atoms in total. The summed E-state index contributed by atoms with van der Waals surface area (Å²) < 4.78 is 78.4. The van der Waals surface area contributed by atoms with Gasteiger partial charge in [0.2, 0.25) is 0 Å². The maximum absolute atomic E-state index is 14.4. The lowest BCUT2D eigenvalue weighted by atomic mass is 10.1. The van der Waals surface area contributed by atoms with E-state index in [2.05, 4.69) is 19.9 Å². The van der Waals surface area contributed by atoms with Gasteiger partial charge in [-0.05, 0) is 18.6 Å². The lowest BCUT2D eigenvalue weighted by Gasteiger charge is -2.13. The van der Waals surface area contributed by atoms with Crippen LogP contribution in [0.1, 0.15) is 31.6 Å². The Kier molecular flexibility index (Phi) is 6.39. The molecule has 1 atom stereocenters. The minimum atomic E-state index is -4.48. The average molecular weight is 457 g/mol. The summed E-state index contributed by atoms with van der Waals surface area (Å²) in [5.41, 5.74) is 0.231. The lowest BCUT2D eigenvalue weighted by Crippen LogP contribution is -2.11. The monoisotopic (exact) mass is 457 g/mol. The number of imidazole rings is 1. The Hall–Kier alpha value is -2.89. The molecule has 3 aromatic rings. The smallest absolute Gasteiger partial charge is 0.327 e. The maximum atomic E-state index is 14.4. The minimum absolute atomic E-state index is 0.0252. The zero-order chi connectivity index (χ0) is 22.8. The van der Waals surface area contributed by atoms with Crippen molar-refractivity contribution in [2.45, 2.75) is 37.0 Å². The van der Waals surface area contributed by atoms with Crippen LogP contribution in [0.25, 0.3) is 22.9 Å². The molecular formula is C19H19F4N5O2S. The third-order valence-electron chi connectivity index (χ3n) is 4.63. The SMILES string of the molecule is CCS(=O)(=O)c1cc(-c2ncccn2)cnc1-c1ncc([C@H](F)CCC(F)(F)F)n1C. The van der Waals surface area contributed by atoms with Gasteiger partial charge in [0.1, 0.15) is 11.9 Å². The molecule has 0 aliphatic heterocycles. The molecule has 0 radical (unpaired) electrons. The topological polar surface area (TPSA) is 90.6 Å². The van der Waals surface area contributed by atoms with E-state index in [1.54, 1.807) is 6.07 Å². The summed E-state index contributed by atoms with van der Waals surface area (Å²) in [6, 6.07) is 2.97. The summed E-state index contributed by atoms with van der Waals surface area (Å²) in [4.78, 5) is 16.3. The standard InChI is InChI=1S/C19H19F4N5O2S/c1-3-31(29,30)15-9-12(17-24-7-4-8-25-17)10-26-16(15)18-27-11-14(28(18)2)13(20)5-6-19(21,22)23/h4,7-11,13H,3,5-6H2,1-2H3/t13-/m1/s1. The highest BCUT2D eigenvalue weighted by atomic mass is 32.2. The molecule has 3 rings (SSSR count).